The lowest BCUT2D eigenvalue weighted by atomic mass is 10.1. The Labute approximate surface area is 105 Å². The summed E-state index contributed by atoms with van der Waals surface area (Å²) in [6.07, 6.45) is 0.671. The number of carbonyl (C=O) groups is 2. The molecule has 94 valence electrons. The number of nitrogens with zero attached hydrogens (tertiary/aromatic N) is 3. The molecule has 1 aromatic heterocycles. The second-order valence-corrected chi connectivity index (χ2v) is 4.08. The van der Waals surface area contributed by atoms with Crippen LogP contribution in [0.5, 0.6) is 0 Å². The Bertz CT molecular complexity index is 525. The van der Waals surface area contributed by atoms with Crippen molar-refractivity contribution < 1.29 is 9.59 Å². The first-order valence-electron chi connectivity index (χ1n) is 5.65. The third-order valence-corrected chi connectivity index (χ3v) is 2.60. The van der Waals surface area contributed by atoms with Crippen LogP contribution >= 0.6 is 0 Å². The zero-order valence-corrected chi connectivity index (χ0v) is 10.3. The number of hydrogen-bond donors (Lipinski definition) is 1. The highest BCUT2D eigenvalue weighted by atomic mass is 16.2. The molecule has 2 amide bonds. The van der Waals surface area contributed by atoms with Gasteiger partial charge in [-0.3, -0.25) is 9.59 Å². The summed E-state index contributed by atoms with van der Waals surface area (Å²) in [7, 11) is 1.54. The topological polar surface area (TPSA) is 74.7 Å². The summed E-state index contributed by atoms with van der Waals surface area (Å²) in [5.74, 6) is 0.0925. The van der Waals surface area contributed by atoms with Gasteiger partial charge in [-0.15, -0.1) is 0 Å². The number of amides is 2. The lowest BCUT2D eigenvalue weighted by Crippen LogP contribution is -2.34. The Balaban J connectivity index is 2.09. The lowest BCUT2D eigenvalue weighted by molar-refractivity contribution is -0.130. The lowest BCUT2D eigenvalue weighted by Gasteiger charge is -2.18. The highest BCUT2D eigenvalue weighted by Crippen LogP contribution is 2.09. The van der Waals surface area contributed by atoms with E-state index < -0.39 is 0 Å². The average Bonchev–Trinajstić information content (AvgIpc) is 2.32. The van der Waals surface area contributed by atoms with Gasteiger partial charge in [-0.05, 0) is 19.1 Å². The van der Waals surface area contributed by atoms with E-state index in [4.69, 9.17) is 0 Å². The van der Waals surface area contributed by atoms with Gasteiger partial charge in [0.1, 0.15) is 11.5 Å². The zero-order chi connectivity index (χ0) is 13.1. The molecule has 0 atom stereocenters. The Morgan fingerprint density at radius 1 is 1.39 bits per heavy atom. The predicted octanol–water partition coefficient (Wildman–Crippen LogP) is 0.937. The van der Waals surface area contributed by atoms with Gasteiger partial charge in [-0.1, -0.05) is 6.07 Å². The number of rotatable bonds is 2. The minimum atomic E-state index is -0.313. The summed E-state index contributed by atoms with van der Waals surface area (Å²) in [4.78, 5) is 27.3. The van der Waals surface area contributed by atoms with Gasteiger partial charge >= 0.3 is 0 Å². The summed E-state index contributed by atoms with van der Waals surface area (Å²) < 4.78 is 0. The van der Waals surface area contributed by atoms with Gasteiger partial charge in [-0.25, -0.2) is 9.99 Å². The van der Waals surface area contributed by atoms with Crippen molar-refractivity contribution in [1.82, 2.24) is 9.99 Å². The number of aryl methyl sites for hydroxylation is 1. The number of pyridine rings is 1. The van der Waals surface area contributed by atoms with Gasteiger partial charge in [0, 0.05) is 25.6 Å². The molecule has 6 heteroatoms. The van der Waals surface area contributed by atoms with Crippen LogP contribution in [0, 0.1) is 6.92 Å². The maximum Gasteiger partial charge on any atom is 0.273 e. The maximum atomic E-state index is 11.9. The molecule has 0 spiro atoms. The monoisotopic (exact) mass is 246 g/mol. The largest absolute Gasteiger partial charge is 0.305 e. The van der Waals surface area contributed by atoms with Crippen LogP contribution in [0.4, 0.5) is 5.82 Å². The fraction of sp³-hybridized carbons (Fsp3) is 0.333. The van der Waals surface area contributed by atoms with Crippen LogP contribution in [0.15, 0.2) is 23.3 Å². The number of anilines is 1. The Kier molecular flexibility index (Phi) is 3.36. The van der Waals surface area contributed by atoms with Crippen molar-refractivity contribution in [2.24, 2.45) is 5.10 Å². The normalized spacial score (nSPS) is 15.3. The van der Waals surface area contributed by atoms with Crippen molar-refractivity contribution in [2.75, 3.05) is 12.4 Å². The molecule has 0 saturated heterocycles. The molecule has 2 heterocycles. The molecule has 1 N–H and O–H groups in total. The van der Waals surface area contributed by atoms with Crippen LogP contribution in [0.25, 0.3) is 0 Å². The highest BCUT2D eigenvalue weighted by Gasteiger charge is 2.22. The van der Waals surface area contributed by atoms with Crippen molar-refractivity contribution in [3.05, 3.63) is 23.9 Å². The third kappa shape index (κ3) is 2.71. The van der Waals surface area contributed by atoms with Gasteiger partial charge < -0.3 is 5.32 Å². The summed E-state index contributed by atoms with van der Waals surface area (Å²) in [6, 6.07) is 5.37. The number of hydrazone groups is 1. The first-order valence-corrected chi connectivity index (χ1v) is 5.65. The average molecular weight is 246 g/mol. The Morgan fingerprint density at radius 3 is 2.83 bits per heavy atom. The molecule has 1 aliphatic heterocycles. The Hall–Kier alpha value is -2.24. The van der Waals surface area contributed by atoms with Gasteiger partial charge in [0.15, 0.2) is 0 Å². The van der Waals surface area contributed by atoms with Crippen molar-refractivity contribution >= 4 is 23.3 Å². The van der Waals surface area contributed by atoms with Crippen molar-refractivity contribution in [3.8, 4) is 0 Å². The fourth-order valence-electron chi connectivity index (χ4n) is 1.63. The summed E-state index contributed by atoms with van der Waals surface area (Å²) in [5, 5.41) is 7.81. The number of carbonyl (C=O) groups excluding carboxylic acids is 2. The van der Waals surface area contributed by atoms with Crippen molar-refractivity contribution in [3.63, 3.8) is 0 Å². The molecular formula is C12H14N4O2. The van der Waals surface area contributed by atoms with Gasteiger partial charge in [0.05, 0.1) is 0 Å². The van der Waals surface area contributed by atoms with E-state index >= 15 is 0 Å². The molecule has 0 fully saturated rings. The predicted molar refractivity (Wildman–Crippen MR) is 67.0 cm³/mol. The van der Waals surface area contributed by atoms with Crippen LogP contribution in [0.3, 0.4) is 0 Å². The number of hydrogen-bond acceptors (Lipinski definition) is 4. The molecular weight excluding hydrogens is 232 g/mol. The van der Waals surface area contributed by atoms with E-state index in [1.165, 1.54) is 5.01 Å². The summed E-state index contributed by atoms with van der Waals surface area (Å²) in [5.41, 5.74) is 1.17. The van der Waals surface area contributed by atoms with Gasteiger partial charge in [0.2, 0.25) is 5.91 Å². The minimum Gasteiger partial charge on any atom is -0.305 e. The molecule has 0 saturated carbocycles. The van der Waals surface area contributed by atoms with E-state index in [-0.39, 0.29) is 11.8 Å². The maximum absolute atomic E-state index is 11.9. The number of aromatic nitrogens is 1. The first kappa shape index (κ1) is 12.2. The van der Waals surface area contributed by atoms with E-state index in [1.807, 2.05) is 19.1 Å². The van der Waals surface area contributed by atoms with E-state index in [0.29, 0.717) is 24.4 Å². The molecule has 2 rings (SSSR count). The molecule has 0 bridgehead atoms. The molecule has 1 aromatic rings. The number of nitrogens with one attached hydrogen (secondary N) is 1. The fourth-order valence-corrected chi connectivity index (χ4v) is 1.63. The Morgan fingerprint density at radius 2 is 2.17 bits per heavy atom. The van der Waals surface area contributed by atoms with Crippen molar-refractivity contribution in [1.29, 1.82) is 0 Å². The van der Waals surface area contributed by atoms with Gasteiger partial charge in [0.25, 0.3) is 5.91 Å². The second kappa shape index (κ2) is 4.95. The summed E-state index contributed by atoms with van der Waals surface area (Å²) in [6.45, 7) is 1.85. The van der Waals surface area contributed by atoms with E-state index in [9.17, 15) is 9.59 Å². The zero-order valence-electron chi connectivity index (χ0n) is 10.3. The molecule has 0 radical (unpaired) electrons. The van der Waals surface area contributed by atoms with Crippen molar-refractivity contribution in [2.45, 2.75) is 19.8 Å². The highest BCUT2D eigenvalue weighted by molar-refractivity contribution is 6.43. The molecule has 0 aromatic carbocycles. The van der Waals surface area contributed by atoms with Gasteiger partial charge in [-0.2, -0.15) is 5.10 Å². The molecule has 6 nitrogen and oxygen atoms in total. The molecule has 0 aliphatic carbocycles. The van der Waals surface area contributed by atoms with Crippen LogP contribution < -0.4 is 5.32 Å². The minimum absolute atomic E-state index is 0.0831. The van der Waals surface area contributed by atoms with E-state index in [2.05, 4.69) is 15.4 Å². The molecule has 18 heavy (non-hydrogen) atoms. The standard InChI is InChI=1S/C12H14N4O2/c1-8-4-3-5-10(13-8)14-12(18)9-6-7-11(17)16(2)15-9/h3-5H,6-7H2,1-2H3,(H,13,14,18). The SMILES string of the molecule is Cc1cccc(NC(=O)C2=NN(C)C(=O)CC2)n1. The van der Waals surface area contributed by atoms with E-state index in [0.717, 1.165) is 5.69 Å². The summed E-state index contributed by atoms with van der Waals surface area (Å²) >= 11 is 0. The van der Waals surface area contributed by atoms with Crippen LogP contribution in [-0.4, -0.2) is 34.6 Å². The molecule has 0 unspecified atom stereocenters. The molecule has 1 aliphatic rings. The third-order valence-electron chi connectivity index (χ3n) is 2.60. The van der Waals surface area contributed by atoms with Crippen LogP contribution in [-0.2, 0) is 9.59 Å². The van der Waals surface area contributed by atoms with E-state index in [1.54, 1.807) is 13.1 Å². The quantitative estimate of drug-likeness (QED) is 0.843. The smallest absolute Gasteiger partial charge is 0.273 e. The first-order chi connectivity index (χ1) is 8.56. The van der Waals surface area contributed by atoms with Crippen LogP contribution in [0.1, 0.15) is 18.5 Å². The second-order valence-electron chi connectivity index (χ2n) is 4.08. The van der Waals surface area contributed by atoms with Crippen LogP contribution in [0.2, 0.25) is 0 Å².